The van der Waals surface area contributed by atoms with Crippen LogP contribution in [0, 0.1) is 5.92 Å². The molecule has 1 atom stereocenters. The van der Waals surface area contributed by atoms with E-state index in [1.165, 1.54) is 56.4 Å². The Balaban J connectivity index is 1.31. The third-order valence-corrected chi connectivity index (χ3v) is 9.25. The van der Waals surface area contributed by atoms with Gasteiger partial charge in [-0.2, -0.15) is 22.0 Å². The van der Waals surface area contributed by atoms with Crippen LogP contribution in [0.5, 0.6) is 5.75 Å². The maximum absolute atomic E-state index is 14.4. The maximum atomic E-state index is 14.4. The fraction of sp³-hybridized carbons (Fsp3) is 0.405. The van der Waals surface area contributed by atoms with Crippen LogP contribution in [0.4, 0.5) is 27.8 Å². The number of alkyl halides is 5. The van der Waals surface area contributed by atoms with Crippen molar-refractivity contribution in [2.24, 2.45) is 5.92 Å². The second-order valence-electron chi connectivity index (χ2n) is 12.8. The predicted molar refractivity (Wildman–Crippen MR) is 172 cm³/mol. The summed E-state index contributed by atoms with van der Waals surface area (Å²) >= 11 is 0. The first-order valence-electron chi connectivity index (χ1n) is 16.3. The van der Waals surface area contributed by atoms with E-state index in [1.807, 2.05) is 23.1 Å². The Bertz CT molecular complexity index is 1700. The fourth-order valence-electron chi connectivity index (χ4n) is 6.91. The average Bonchev–Trinajstić information content (AvgIpc) is 3.50. The third kappa shape index (κ3) is 8.03. The molecule has 1 saturated carbocycles. The van der Waals surface area contributed by atoms with Crippen LogP contribution in [-0.4, -0.2) is 34.5 Å². The number of fused-ring (bicyclic) bond motifs is 1. The van der Waals surface area contributed by atoms with Gasteiger partial charge in [0, 0.05) is 31.4 Å². The molecule has 1 amide bonds. The normalized spacial score (nSPS) is 17.7. The molecule has 0 bridgehead atoms. The van der Waals surface area contributed by atoms with Crippen LogP contribution in [0.15, 0.2) is 72.8 Å². The third-order valence-electron chi connectivity index (χ3n) is 9.25. The lowest BCUT2D eigenvalue weighted by Gasteiger charge is -2.30. The van der Waals surface area contributed by atoms with Crippen LogP contribution in [0.1, 0.15) is 79.8 Å². The number of rotatable bonds is 9. The molecule has 10 heteroatoms. The van der Waals surface area contributed by atoms with E-state index in [2.05, 4.69) is 10.1 Å². The summed E-state index contributed by atoms with van der Waals surface area (Å²) in [5.41, 5.74) is 2.55. The minimum atomic E-state index is -4.41. The summed E-state index contributed by atoms with van der Waals surface area (Å²) in [6, 6.07) is 18.8. The molecule has 4 aromatic rings. The second-order valence-corrected chi connectivity index (χ2v) is 12.8. The largest absolute Gasteiger partial charge is 0.433 e. The number of nitrogens with zero attached hydrogens (tertiary/aromatic N) is 2. The first-order chi connectivity index (χ1) is 22.4. The Hall–Kier alpha value is -4.21. The molecule has 0 spiro atoms. The lowest BCUT2D eigenvalue weighted by molar-refractivity contribution is -0.159. The zero-order valence-electron chi connectivity index (χ0n) is 26.3. The molecular weight excluding hydrogens is 613 g/mol. The van der Waals surface area contributed by atoms with Crippen molar-refractivity contribution in [2.75, 3.05) is 11.9 Å². The van der Waals surface area contributed by atoms with E-state index in [-0.39, 0.29) is 24.2 Å². The number of aromatic nitrogens is 1. The van der Waals surface area contributed by atoms with Crippen LogP contribution in [0.2, 0.25) is 0 Å². The molecule has 47 heavy (non-hydrogen) atoms. The summed E-state index contributed by atoms with van der Waals surface area (Å²) < 4.78 is 70.5. The number of ether oxygens (including phenoxy) is 1. The molecule has 2 fully saturated rings. The average molecular weight is 652 g/mol. The minimum absolute atomic E-state index is 0.0429. The number of likely N-dealkylation sites (tertiary alicyclic amines) is 1. The molecule has 3 aromatic carbocycles. The number of hydrogen-bond acceptors (Lipinski definition) is 4. The Morgan fingerprint density at radius 2 is 1.57 bits per heavy atom. The summed E-state index contributed by atoms with van der Waals surface area (Å²) in [7, 11) is 0. The summed E-state index contributed by atoms with van der Waals surface area (Å²) in [5, 5.41) is 3.87. The topological polar surface area (TPSA) is 54.5 Å². The lowest BCUT2D eigenvalue weighted by Crippen LogP contribution is -2.37. The van der Waals surface area contributed by atoms with Crippen molar-refractivity contribution in [1.29, 1.82) is 0 Å². The summed E-state index contributed by atoms with van der Waals surface area (Å²) in [5.74, 6) is 1.04. The molecule has 1 aliphatic heterocycles. The van der Waals surface area contributed by atoms with E-state index in [9.17, 15) is 26.7 Å². The van der Waals surface area contributed by atoms with E-state index in [4.69, 9.17) is 4.98 Å². The SMILES string of the molecule is CC(F)(F)Oc1ccc(-c2ccc3nc(NCc4ccc(C(F)(F)F)cc4)cc(C(=O)N4CCCC4CC4CCCCC4)c3c2)cc1. The Morgan fingerprint density at radius 1 is 0.872 bits per heavy atom. The van der Waals surface area contributed by atoms with Crippen molar-refractivity contribution < 1.29 is 31.5 Å². The predicted octanol–water partition coefficient (Wildman–Crippen LogP) is 10.1. The molecule has 2 heterocycles. The van der Waals surface area contributed by atoms with Crippen molar-refractivity contribution >= 4 is 22.6 Å². The van der Waals surface area contributed by atoms with Gasteiger partial charge in [-0.25, -0.2) is 4.98 Å². The molecule has 6 rings (SSSR count). The highest BCUT2D eigenvalue weighted by atomic mass is 19.4. The molecule has 248 valence electrons. The molecule has 2 aliphatic rings. The van der Waals surface area contributed by atoms with Gasteiger partial charge in [0.1, 0.15) is 11.6 Å². The van der Waals surface area contributed by atoms with Gasteiger partial charge in [-0.3, -0.25) is 4.79 Å². The van der Waals surface area contributed by atoms with Crippen LogP contribution >= 0.6 is 0 Å². The first-order valence-corrected chi connectivity index (χ1v) is 16.3. The molecule has 1 N–H and O–H groups in total. The highest BCUT2D eigenvalue weighted by Crippen LogP contribution is 2.35. The van der Waals surface area contributed by atoms with E-state index in [0.29, 0.717) is 47.2 Å². The summed E-state index contributed by atoms with van der Waals surface area (Å²) in [6.45, 7) is 1.59. The van der Waals surface area contributed by atoms with Gasteiger partial charge in [0.2, 0.25) is 0 Å². The van der Waals surface area contributed by atoms with Gasteiger partial charge >= 0.3 is 12.3 Å². The van der Waals surface area contributed by atoms with Gasteiger partial charge in [0.25, 0.3) is 5.91 Å². The maximum Gasteiger partial charge on any atom is 0.416 e. The molecule has 1 aromatic heterocycles. The van der Waals surface area contributed by atoms with Crippen LogP contribution in [0.3, 0.4) is 0 Å². The number of anilines is 1. The summed E-state index contributed by atoms with van der Waals surface area (Å²) in [4.78, 5) is 21.1. The first kappa shape index (κ1) is 32.7. The van der Waals surface area contributed by atoms with E-state index in [1.54, 1.807) is 18.2 Å². The van der Waals surface area contributed by atoms with Gasteiger partial charge in [0.15, 0.2) is 0 Å². The van der Waals surface area contributed by atoms with E-state index < -0.39 is 17.8 Å². The van der Waals surface area contributed by atoms with Gasteiger partial charge in [-0.05, 0) is 84.3 Å². The molecule has 1 saturated heterocycles. The number of benzene rings is 3. The molecule has 0 radical (unpaired) electrons. The number of carbonyl (C=O) groups is 1. The number of nitrogens with one attached hydrogen (secondary N) is 1. The highest BCUT2D eigenvalue weighted by molar-refractivity contribution is 6.08. The fourth-order valence-corrected chi connectivity index (χ4v) is 6.91. The van der Waals surface area contributed by atoms with Crippen LogP contribution in [0.25, 0.3) is 22.0 Å². The number of pyridine rings is 1. The number of amides is 1. The van der Waals surface area contributed by atoms with Crippen molar-refractivity contribution in [2.45, 2.75) is 83.2 Å². The molecule has 1 unspecified atom stereocenters. The van der Waals surface area contributed by atoms with Crippen LogP contribution in [-0.2, 0) is 12.7 Å². The molecule has 5 nitrogen and oxygen atoms in total. The van der Waals surface area contributed by atoms with E-state index in [0.717, 1.165) is 42.5 Å². The Kier molecular flexibility index (Phi) is 9.39. The molecular formula is C37H38F5N3O2. The van der Waals surface area contributed by atoms with E-state index >= 15 is 0 Å². The van der Waals surface area contributed by atoms with Gasteiger partial charge in [-0.15, -0.1) is 0 Å². The number of halogens is 5. The smallest absolute Gasteiger partial charge is 0.416 e. The second kappa shape index (κ2) is 13.5. The van der Waals surface area contributed by atoms with Gasteiger partial charge in [0.05, 0.1) is 16.6 Å². The van der Waals surface area contributed by atoms with Crippen molar-refractivity contribution in [3.05, 3.63) is 89.5 Å². The van der Waals surface area contributed by atoms with Crippen molar-refractivity contribution in [3.8, 4) is 16.9 Å². The highest BCUT2D eigenvalue weighted by Gasteiger charge is 2.33. The number of hydrogen-bond donors (Lipinski definition) is 1. The quantitative estimate of drug-likeness (QED) is 0.183. The molecule has 1 aliphatic carbocycles. The summed E-state index contributed by atoms with van der Waals surface area (Å²) in [6.07, 6.45) is 1.38. The zero-order chi connectivity index (χ0) is 33.2. The van der Waals surface area contributed by atoms with Crippen molar-refractivity contribution in [1.82, 2.24) is 9.88 Å². The Labute approximate surface area is 271 Å². The number of carbonyl (C=O) groups excluding carboxylic acids is 1. The lowest BCUT2D eigenvalue weighted by atomic mass is 9.84. The minimum Gasteiger partial charge on any atom is -0.433 e. The monoisotopic (exact) mass is 651 g/mol. The van der Waals surface area contributed by atoms with Gasteiger partial charge < -0.3 is 15.0 Å². The van der Waals surface area contributed by atoms with Gasteiger partial charge in [-0.1, -0.05) is 62.4 Å². The zero-order valence-corrected chi connectivity index (χ0v) is 26.3. The Morgan fingerprint density at radius 3 is 2.26 bits per heavy atom. The standard InChI is InChI=1S/C37H38F5N3O2/c1-36(38,39)47-30-16-11-26(12-17-30)27-13-18-33-31(21-27)32(35(46)45-19-5-8-29(45)20-24-6-3-2-4-7-24)22-34(44-33)43-23-25-9-14-28(15-10-25)37(40,41)42/h9-18,21-22,24,29H,2-8,19-20,23H2,1H3,(H,43,44). The van der Waals surface area contributed by atoms with Crippen molar-refractivity contribution in [3.63, 3.8) is 0 Å². The van der Waals surface area contributed by atoms with Crippen LogP contribution < -0.4 is 10.1 Å².